The number of aryl methyl sites for hydroxylation is 1. The maximum Gasteiger partial charge on any atom is 0.387 e. The number of hydrogen-bond acceptors (Lipinski definition) is 7. The molecule has 0 spiro atoms. The van der Waals surface area contributed by atoms with Gasteiger partial charge in [-0.25, -0.2) is 0 Å². The molecule has 0 amide bonds. The van der Waals surface area contributed by atoms with Crippen LogP contribution in [0.5, 0.6) is 11.5 Å². The van der Waals surface area contributed by atoms with Crippen molar-refractivity contribution < 1.29 is 32.9 Å². The molecule has 0 saturated heterocycles. The standard InChI is InChI=1S/C18H14F2N2O7/c1-10-3-4-12(7-13(10)21(24)25)15(23)6-5-11-8-16(28-2)17(29-18(19)20)9-14(11)22(26)27/h3-9,18H,1-2H3/b6-5+. The first-order valence-corrected chi connectivity index (χ1v) is 7.92. The molecule has 0 aliphatic rings. The number of ketones is 1. The van der Waals surface area contributed by atoms with Crippen molar-refractivity contribution in [1.29, 1.82) is 0 Å². The molecule has 0 unspecified atom stereocenters. The molecule has 152 valence electrons. The molecule has 0 aliphatic heterocycles. The molecule has 0 N–H and O–H groups in total. The summed E-state index contributed by atoms with van der Waals surface area (Å²) in [7, 11) is 1.16. The normalized spacial score (nSPS) is 10.9. The Hall–Kier alpha value is -3.89. The topological polar surface area (TPSA) is 122 Å². The molecule has 0 heterocycles. The maximum absolute atomic E-state index is 12.5. The van der Waals surface area contributed by atoms with E-state index >= 15 is 0 Å². The Morgan fingerprint density at radius 3 is 2.28 bits per heavy atom. The summed E-state index contributed by atoms with van der Waals surface area (Å²) in [5.41, 5.74) is -0.578. The van der Waals surface area contributed by atoms with Crippen LogP contribution in [0.25, 0.3) is 6.08 Å². The summed E-state index contributed by atoms with van der Waals surface area (Å²) in [4.78, 5) is 33.1. The zero-order chi connectivity index (χ0) is 21.7. The second-order valence-electron chi connectivity index (χ2n) is 5.65. The van der Waals surface area contributed by atoms with Gasteiger partial charge in [-0.15, -0.1) is 0 Å². The lowest BCUT2D eigenvalue weighted by molar-refractivity contribution is -0.385. The van der Waals surface area contributed by atoms with Crippen molar-refractivity contribution in [2.24, 2.45) is 0 Å². The van der Waals surface area contributed by atoms with E-state index in [0.29, 0.717) is 5.56 Å². The molecule has 11 heteroatoms. The number of ether oxygens (including phenoxy) is 2. The number of nitro groups is 2. The number of allylic oxidation sites excluding steroid dienone is 1. The molecule has 2 aromatic carbocycles. The molecule has 2 aromatic rings. The van der Waals surface area contributed by atoms with E-state index in [4.69, 9.17) is 4.74 Å². The monoisotopic (exact) mass is 408 g/mol. The Kier molecular flexibility index (Phi) is 6.55. The van der Waals surface area contributed by atoms with Crippen molar-refractivity contribution in [1.82, 2.24) is 0 Å². The van der Waals surface area contributed by atoms with E-state index < -0.39 is 33.7 Å². The molecule has 0 saturated carbocycles. The van der Waals surface area contributed by atoms with E-state index in [1.54, 1.807) is 0 Å². The number of benzene rings is 2. The molecular formula is C18H14F2N2O7. The van der Waals surface area contributed by atoms with E-state index in [1.165, 1.54) is 19.1 Å². The van der Waals surface area contributed by atoms with Crippen LogP contribution in [0.1, 0.15) is 21.5 Å². The second kappa shape index (κ2) is 8.87. The lowest BCUT2D eigenvalue weighted by Crippen LogP contribution is -2.05. The largest absolute Gasteiger partial charge is 0.493 e. The number of hydrogen-bond donors (Lipinski definition) is 0. The number of alkyl halides is 2. The predicted molar refractivity (Wildman–Crippen MR) is 97.5 cm³/mol. The molecular weight excluding hydrogens is 394 g/mol. The summed E-state index contributed by atoms with van der Waals surface area (Å²) in [5.74, 6) is -1.38. The van der Waals surface area contributed by atoms with Crippen molar-refractivity contribution in [3.8, 4) is 11.5 Å². The molecule has 2 rings (SSSR count). The van der Waals surface area contributed by atoms with Crippen molar-refractivity contribution >= 4 is 23.2 Å². The zero-order valence-electron chi connectivity index (χ0n) is 15.1. The van der Waals surface area contributed by atoms with Crippen molar-refractivity contribution in [3.63, 3.8) is 0 Å². The average molecular weight is 408 g/mol. The fourth-order valence-corrected chi connectivity index (χ4v) is 2.43. The number of methoxy groups -OCH3 is 1. The van der Waals surface area contributed by atoms with E-state index in [9.17, 15) is 33.8 Å². The molecule has 0 radical (unpaired) electrons. The van der Waals surface area contributed by atoms with Crippen LogP contribution in [-0.4, -0.2) is 29.4 Å². The second-order valence-corrected chi connectivity index (χ2v) is 5.65. The molecule has 0 atom stereocenters. The van der Waals surface area contributed by atoms with Crippen molar-refractivity contribution in [2.45, 2.75) is 13.5 Å². The van der Waals surface area contributed by atoms with Crippen LogP contribution in [-0.2, 0) is 0 Å². The summed E-state index contributed by atoms with van der Waals surface area (Å²) in [6, 6.07) is 5.70. The third-order valence-corrected chi connectivity index (χ3v) is 3.83. The van der Waals surface area contributed by atoms with E-state index in [1.807, 2.05) is 0 Å². The number of nitrogens with zero attached hydrogens (tertiary/aromatic N) is 2. The minimum Gasteiger partial charge on any atom is -0.493 e. The molecule has 0 bridgehead atoms. The molecule has 0 aliphatic carbocycles. The lowest BCUT2D eigenvalue weighted by atomic mass is 10.0. The summed E-state index contributed by atoms with van der Waals surface area (Å²) >= 11 is 0. The maximum atomic E-state index is 12.5. The Morgan fingerprint density at radius 2 is 1.72 bits per heavy atom. The van der Waals surface area contributed by atoms with Crippen molar-refractivity contribution in [3.05, 3.63) is 73.3 Å². The van der Waals surface area contributed by atoms with Gasteiger partial charge in [0.15, 0.2) is 17.3 Å². The molecule has 0 fully saturated rings. The highest BCUT2D eigenvalue weighted by atomic mass is 19.3. The summed E-state index contributed by atoms with van der Waals surface area (Å²) in [6.45, 7) is -1.70. The lowest BCUT2D eigenvalue weighted by Gasteiger charge is -2.10. The number of rotatable bonds is 8. The van der Waals surface area contributed by atoms with Gasteiger partial charge in [0.25, 0.3) is 11.4 Å². The first kappa shape index (κ1) is 21.4. The van der Waals surface area contributed by atoms with Crippen LogP contribution in [0.4, 0.5) is 20.2 Å². The fraction of sp³-hybridized carbons (Fsp3) is 0.167. The number of halogens is 2. The van der Waals surface area contributed by atoms with Gasteiger partial charge in [-0.1, -0.05) is 12.1 Å². The summed E-state index contributed by atoms with van der Waals surface area (Å²) in [5, 5.41) is 22.3. The fourth-order valence-electron chi connectivity index (χ4n) is 2.43. The number of carbonyl (C=O) groups excluding carboxylic acids is 1. The van der Waals surface area contributed by atoms with Crippen LogP contribution in [0.3, 0.4) is 0 Å². The van der Waals surface area contributed by atoms with Gasteiger partial charge in [-0.2, -0.15) is 8.78 Å². The highest BCUT2D eigenvalue weighted by Crippen LogP contribution is 2.36. The van der Waals surface area contributed by atoms with Crippen LogP contribution in [0, 0.1) is 27.2 Å². The van der Waals surface area contributed by atoms with Crippen LogP contribution >= 0.6 is 0 Å². The van der Waals surface area contributed by atoms with Gasteiger partial charge in [0.1, 0.15) is 0 Å². The predicted octanol–water partition coefficient (Wildman–Crippen LogP) is 4.32. The Labute approximate surface area is 162 Å². The number of carbonyl (C=O) groups is 1. The number of nitro benzene ring substituents is 2. The molecule has 29 heavy (non-hydrogen) atoms. The Bertz CT molecular complexity index is 1010. The minimum atomic E-state index is -3.22. The Morgan fingerprint density at radius 1 is 1.07 bits per heavy atom. The summed E-state index contributed by atoms with van der Waals surface area (Å²) < 4.78 is 34.1. The van der Waals surface area contributed by atoms with Crippen LogP contribution < -0.4 is 9.47 Å². The van der Waals surface area contributed by atoms with Crippen LogP contribution in [0.15, 0.2) is 36.4 Å². The van der Waals surface area contributed by atoms with E-state index in [-0.39, 0.29) is 22.6 Å². The highest BCUT2D eigenvalue weighted by molar-refractivity contribution is 6.07. The van der Waals surface area contributed by atoms with Crippen molar-refractivity contribution in [2.75, 3.05) is 7.11 Å². The zero-order valence-corrected chi connectivity index (χ0v) is 15.1. The first-order chi connectivity index (χ1) is 13.6. The highest BCUT2D eigenvalue weighted by Gasteiger charge is 2.21. The van der Waals surface area contributed by atoms with Gasteiger partial charge in [0, 0.05) is 17.2 Å². The third kappa shape index (κ3) is 5.09. The van der Waals surface area contributed by atoms with E-state index in [0.717, 1.165) is 37.5 Å². The SMILES string of the molecule is COc1cc(/C=C/C(=O)c2ccc(C)c([N+](=O)[O-])c2)c([N+](=O)[O-])cc1OC(F)F. The third-order valence-electron chi connectivity index (χ3n) is 3.83. The average Bonchev–Trinajstić information content (AvgIpc) is 2.65. The van der Waals surface area contributed by atoms with Gasteiger partial charge in [0.2, 0.25) is 0 Å². The quantitative estimate of drug-likeness (QED) is 0.276. The smallest absolute Gasteiger partial charge is 0.387 e. The van der Waals surface area contributed by atoms with Gasteiger partial charge in [-0.3, -0.25) is 25.0 Å². The molecule has 9 nitrogen and oxygen atoms in total. The first-order valence-electron chi connectivity index (χ1n) is 7.92. The van der Waals surface area contributed by atoms with Crippen LogP contribution in [0.2, 0.25) is 0 Å². The van der Waals surface area contributed by atoms with Gasteiger partial charge in [0.05, 0.1) is 28.6 Å². The Balaban J connectivity index is 2.43. The summed E-state index contributed by atoms with van der Waals surface area (Å²) in [6.07, 6.45) is 2.06. The molecule has 0 aromatic heterocycles. The van der Waals surface area contributed by atoms with Gasteiger partial charge >= 0.3 is 6.61 Å². The van der Waals surface area contributed by atoms with Gasteiger partial charge < -0.3 is 9.47 Å². The minimum absolute atomic E-state index is 0.00539. The van der Waals surface area contributed by atoms with Gasteiger partial charge in [-0.05, 0) is 25.1 Å². The van der Waals surface area contributed by atoms with E-state index in [2.05, 4.69) is 4.74 Å².